The predicted octanol–water partition coefficient (Wildman–Crippen LogP) is 3.43. The fraction of sp³-hybridized carbons (Fsp3) is 0.588. The predicted molar refractivity (Wildman–Crippen MR) is 85.8 cm³/mol. The number of anilines is 1. The lowest BCUT2D eigenvalue weighted by Crippen LogP contribution is -2.41. The highest BCUT2D eigenvalue weighted by Gasteiger charge is 2.14. The van der Waals surface area contributed by atoms with E-state index < -0.39 is 0 Å². The van der Waals surface area contributed by atoms with E-state index >= 15 is 0 Å². The van der Waals surface area contributed by atoms with Crippen LogP contribution in [-0.4, -0.2) is 25.2 Å². The smallest absolute Gasteiger partial charge is 0.0640 e. The first-order valence-electron chi connectivity index (χ1n) is 7.34. The van der Waals surface area contributed by atoms with E-state index in [2.05, 4.69) is 56.1 Å². The molecule has 0 aliphatic heterocycles. The zero-order valence-corrected chi connectivity index (χ0v) is 13.2. The van der Waals surface area contributed by atoms with Gasteiger partial charge in [-0.2, -0.15) is 5.26 Å². The summed E-state index contributed by atoms with van der Waals surface area (Å²) in [5.74, 6) is 0.535. The first-order chi connectivity index (χ1) is 9.42. The third-order valence-corrected chi connectivity index (χ3v) is 3.13. The van der Waals surface area contributed by atoms with Gasteiger partial charge < -0.3 is 10.2 Å². The van der Waals surface area contributed by atoms with E-state index in [4.69, 9.17) is 5.26 Å². The summed E-state index contributed by atoms with van der Waals surface area (Å²) in [5, 5.41) is 12.4. The van der Waals surface area contributed by atoms with Crippen LogP contribution in [0.5, 0.6) is 0 Å². The van der Waals surface area contributed by atoms with Gasteiger partial charge in [0, 0.05) is 24.3 Å². The number of nitrogens with one attached hydrogen (secondary N) is 1. The van der Waals surface area contributed by atoms with Gasteiger partial charge in [0.1, 0.15) is 0 Å². The highest BCUT2D eigenvalue weighted by molar-refractivity contribution is 5.46. The molecule has 0 radical (unpaired) electrons. The van der Waals surface area contributed by atoms with Gasteiger partial charge in [-0.1, -0.05) is 25.1 Å². The highest BCUT2D eigenvalue weighted by Crippen LogP contribution is 2.15. The summed E-state index contributed by atoms with van der Waals surface area (Å²) in [4.78, 5) is 2.30. The fourth-order valence-electron chi connectivity index (χ4n) is 2.07. The third-order valence-electron chi connectivity index (χ3n) is 3.13. The Morgan fingerprint density at radius 2 is 1.90 bits per heavy atom. The van der Waals surface area contributed by atoms with E-state index in [1.54, 1.807) is 0 Å². The Kier molecular flexibility index (Phi) is 6.54. The molecular formula is C17H27N3. The number of hydrogen-bond acceptors (Lipinski definition) is 3. The summed E-state index contributed by atoms with van der Waals surface area (Å²) in [6.07, 6.45) is 0.564. The Bertz CT molecular complexity index is 414. The lowest BCUT2D eigenvalue weighted by molar-refractivity contribution is 0.382. The SMILES string of the molecule is CC(CNC(C)(C)C)CN(CCC#N)c1ccccc1. The monoisotopic (exact) mass is 273 g/mol. The molecular weight excluding hydrogens is 246 g/mol. The molecule has 1 aromatic rings. The largest absolute Gasteiger partial charge is 0.370 e. The van der Waals surface area contributed by atoms with Crippen molar-refractivity contribution in [3.05, 3.63) is 30.3 Å². The number of nitriles is 1. The van der Waals surface area contributed by atoms with Crippen LogP contribution in [0.3, 0.4) is 0 Å². The van der Waals surface area contributed by atoms with E-state index in [9.17, 15) is 0 Å². The van der Waals surface area contributed by atoms with E-state index in [0.29, 0.717) is 12.3 Å². The van der Waals surface area contributed by atoms with Crippen molar-refractivity contribution in [2.45, 2.75) is 39.7 Å². The lowest BCUT2D eigenvalue weighted by atomic mass is 10.1. The van der Waals surface area contributed by atoms with Gasteiger partial charge in [0.05, 0.1) is 12.5 Å². The number of rotatable bonds is 7. The first kappa shape index (κ1) is 16.5. The van der Waals surface area contributed by atoms with Crippen molar-refractivity contribution < 1.29 is 0 Å². The fourth-order valence-corrected chi connectivity index (χ4v) is 2.07. The number of benzene rings is 1. The summed E-state index contributed by atoms with van der Waals surface area (Å²) in [7, 11) is 0. The zero-order chi connectivity index (χ0) is 15.0. The molecule has 0 aromatic heterocycles. The van der Waals surface area contributed by atoms with E-state index in [-0.39, 0.29) is 5.54 Å². The van der Waals surface area contributed by atoms with E-state index in [1.165, 1.54) is 5.69 Å². The van der Waals surface area contributed by atoms with Crippen molar-refractivity contribution in [1.29, 1.82) is 5.26 Å². The first-order valence-corrected chi connectivity index (χ1v) is 7.34. The van der Waals surface area contributed by atoms with Gasteiger partial charge in [0.15, 0.2) is 0 Å². The van der Waals surface area contributed by atoms with Gasteiger partial charge >= 0.3 is 0 Å². The zero-order valence-electron chi connectivity index (χ0n) is 13.2. The molecule has 1 unspecified atom stereocenters. The van der Waals surface area contributed by atoms with Crippen LogP contribution in [0.4, 0.5) is 5.69 Å². The van der Waals surface area contributed by atoms with E-state index in [1.807, 2.05) is 18.2 Å². The minimum atomic E-state index is 0.151. The molecule has 1 aromatic carbocycles. The molecule has 0 fully saturated rings. The summed E-state index contributed by atoms with van der Waals surface area (Å²) >= 11 is 0. The lowest BCUT2D eigenvalue weighted by Gasteiger charge is -2.29. The number of hydrogen-bond donors (Lipinski definition) is 1. The van der Waals surface area contributed by atoms with Crippen molar-refractivity contribution in [2.75, 3.05) is 24.5 Å². The Hall–Kier alpha value is -1.53. The molecule has 0 amide bonds. The van der Waals surface area contributed by atoms with Crippen LogP contribution < -0.4 is 10.2 Å². The quantitative estimate of drug-likeness (QED) is 0.827. The molecule has 0 aliphatic rings. The highest BCUT2D eigenvalue weighted by atomic mass is 15.1. The minimum absolute atomic E-state index is 0.151. The average molecular weight is 273 g/mol. The van der Waals surface area contributed by atoms with Crippen LogP contribution >= 0.6 is 0 Å². The standard InChI is InChI=1S/C17H27N3/c1-15(13-19-17(2,3)4)14-20(12-8-11-18)16-9-6-5-7-10-16/h5-7,9-10,15,19H,8,12-14H2,1-4H3. The minimum Gasteiger partial charge on any atom is -0.370 e. The van der Waals surface area contributed by atoms with Gasteiger partial charge in [0.2, 0.25) is 0 Å². The Morgan fingerprint density at radius 1 is 1.25 bits per heavy atom. The topological polar surface area (TPSA) is 39.1 Å². The Morgan fingerprint density at radius 3 is 2.45 bits per heavy atom. The average Bonchev–Trinajstić information content (AvgIpc) is 2.41. The van der Waals surface area contributed by atoms with Crippen molar-refractivity contribution in [3.8, 4) is 6.07 Å². The second kappa shape index (κ2) is 7.91. The van der Waals surface area contributed by atoms with Gasteiger partial charge in [0.25, 0.3) is 0 Å². The van der Waals surface area contributed by atoms with Crippen molar-refractivity contribution >= 4 is 5.69 Å². The van der Waals surface area contributed by atoms with Crippen molar-refractivity contribution in [1.82, 2.24) is 5.32 Å². The molecule has 0 spiro atoms. The molecule has 0 heterocycles. The van der Waals surface area contributed by atoms with Gasteiger partial charge in [-0.15, -0.1) is 0 Å². The van der Waals surface area contributed by atoms with E-state index in [0.717, 1.165) is 19.6 Å². The second-order valence-corrected chi connectivity index (χ2v) is 6.43. The van der Waals surface area contributed by atoms with Crippen LogP contribution in [-0.2, 0) is 0 Å². The Balaban J connectivity index is 2.59. The summed E-state index contributed by atoms with van der Waals surface area (Å²) in [6, 6.07) is 12.6. The molecule has 1 rings (SSSR count). The molecule has 110 valence electrons. The molecule has 0 saturated heterocycles. The van der Waals surface area contributed by atoms with Crippen LogP contribution in [0, 0.1) is 17.2 Å². The number of nitrogens with zero attached hydrogens (tertiary/aromatic N) is 2. The Labute approximate surface area is 123 Å². The molecule has 0 bridgehead atoms. The van der Waals surface area contributed by atoms with Crippen LogP contribution in [0.25, 0.3) is 0 Å². The molecule has 1 atom stereocenters. The van der Waals surface area contributed by atoms with Crippen LogP contribution in [0.1, 0.15) is 34.1 Å². The van der Waals surface area contributed by atoms with Crippen LogP contribution in [0.2, 0.25) is 0 Å². The maximum absolute atomic E-state index is 8.82. The molecule has 0 aliphatic carbocycles. The van der Waals surface area contributed by atoms with Gasteiger partial charge in [-0.05, 0) is 45.4 Å². The number of para-hydroxylation sites is 1. The second-order valence-electron chi connectivity index (χ2n) is 6.43. The molecule has 20 heavy (non-hydrogen) atoms. The molecule has 1 N–H and O–H groups in total. The van der Waals surface area contributed by atoms with Gasteiger partial charge in [-0.25, -0.2) is 0 Å². The summed E-state index contributed by atoms with van der Waals surface area (Å²) in [6.45, 7) is 11.6. The van der Waals surface area contributed by atoms with Crippen molar-refractivity contribution in [2.24, 2.45) is 5.92 Å². The molecule has 3 heteroatoms. The molecule has 0 saturated carbocycles. The summed E-state index contributed by atoms with van der Waals surface area (Å²) < 4.78 is 0. The van der Waals surface area contributed by atoms with Gasteiger partial charge in [-0.3, -0.25) is 0 Å². The van der Waals surface area contributed by atoms with Crippen molar-refractivity contribution in [3.63, 3.8) is 0 Å². The van der Waals surface area contributed by atoms with Crippen LogP contribution in [0.15, 0.2) is 30.3 Å². The third kappa shape index (κ3) is 6.58. The summed E-state index contributed by atoms with van der Waals surface area (Å²) in [5.41, 5.74) is 1.35. The molecule has 3 nitrogen and oxygen atoms in total. The maximum Gasteiger partial charge on any atom is 0.0640 e. The maximum atomic E-state index is 8.82. The normalized spacial score (nSPS) is 12.8.